The smallest absolute Gasteiger partial charge is 0.309 e. The van der Waals surface area contributed by atoms with Gasteiger partial charge in [-0.15, -0.1) is 0 Å². The first-order valence-corrected chi connectivity index (χ1v) is 6.51. The molecule has 1 rings (SSSR count). The van der Waals surface area contributed by atoms with Gasteiger partial charge in [0.25, 0.3) is 0 Å². The zero-order chi connectivity index (χ0) is 12.2. The molecule has 0 spiro atoms. The zero-order valence-electron chi connectivity index (χ0n) is 10.4. The molecule has 3 nitrogen and oxygen atoms in total. The summed E-state index contributed by atoms with van der Waals surface area (Å²) in [4.78, 5) is 11.3. The molecule has 16 heavy (non-hydrogen) atoms. The second kappa shape index (κ2) is 5.67. The minimum absolute atomic E-state index is 0.161. The average molecular weight is 228 g/mol. The fourth-order valence-corrected chi connectivity index (χ4v) is 3.15. The molecule has 1 saturated carbocycles. The van der Waals surface area contributed by atoms with E-state index in [-0.39, 0.29) is 5.92 Å². The van der Waals surface area contributed by atoms with Crippen LogP contribution in [0, 0.1) is 11.8 Å². The van der Waals surface area contributed by atoms with Gasteiger partial charge in [0.1, 0.15) is 0 Å². The Kier molecular flexibility index (Phi) is 4.78. The highest BCUT2D eigenvalue weighted by atomic mass is 16.4. The second-order valence-electron chi connectivity index (χ2n) is 5.02. The summed E-state index contributed by atoms with van der Waals surface area (Å²) in [6.07, 6.45) is 5.99. The van der Waals surface area contributed by atoms with E-state index in [1.807, 2.05) is 13.8 Å². The summed E-state index contributed by atoms with van der Waals surface area (Å²) < 4.78 is 0. The Bertz CT molecular complexity index is 239. The molecule has 0 aliphatic heterocycles. The Labute approximate surface area is 97.9 Å². The van der Waals surface area contributed by atoms with Gasteiger partial charge in [0.05, 0.1) is 11.5 Å². The minimum atomic E-state index is -0.963. The number of aliphatic hydroxyl groups is 1. The lowest BCUT2D eigenvalue weighted by atomic mass is 9.66. The Hall–Kier alpha value is -0.570. The number of hydrogen-bond donors (Lipinski definition) is 2. The molecule has 3 heteroatoms. The quantitative estimate of drug-likeness (QED) is 0.760. The van der Waals surface area contributed by atoms with Crippen LogP contribution in [-0.2, 0) is 4.79 Å². The summed E-state index contributed by atoms with van der Waals surface area (Å²) in [5, 5.41) is 20.0. The summed E-state index contributed by atoms with van der Waals surface area (Å²) in [7, 11) is 0. The van der Waals surface area contributed by atoms with Gasteiger partial charge in [-0.05, 0) is 25.2 Å². The number of hydrogen-bond acceptors (Lipinski definition) is 2. The van der Waals surface area contributed by atoms with E-state index in [1.165, 1.54) is 0 Å². The van der Waals surface area contributed by atoms with E-state index in [0.29, 0.717) is 12.8 Å². The average Bonchev–Trinajstić information content (AvgIpc) is 2.25. The molecule has 0 aromatic heterocycles. The highest BCUT2D eigenvalue weighted by Crippen LogP contribution is 2.42. The SMILES string of the molecule is CCCC(C(=O)O)C1(O)CCCCC1CC. The van der Waals surface area contributed by atoms with Crippen LogP contribution < -0.4 is 0 Å². The predicted octanol–water partition coefficient (Wildman–Crippen LogP) is 2.82. The molecule has 3 unspecified atom stereocenters. The molecule has 0 radical (unpaired) electrons. The summed E-state index contributed by atoms with van der Waals surface area (Å²) >= 11 is 0. The van der Waals surface area contributed by atoms with Crippen LogP contribution in [0.3, 0.4) is 0 Å². The van der Waals surface area contributed by atoms with Crippen LogP contribution in [0.25, 0.3) is 0 Å². The fourth-order valence-electron chi connectivity index (χ4n) is 3.15. The van der Waals surface area contributed by atoms with Gasteiger partial charge in [-0.3, -0.25) is 4.79 Å². The third-order valence-electron chi connectivity index (χ3n) is 4.06. The highest BCUT2D eigenvalue weighted by molar-refractivity contribution is 5.71. The first-order chi connectivity index (χ1) is 7.56. The molecular weight excluding hydrogens is 204 g/mol. The summed E-state index contributed by atoms with van der Waals surface area (Å²) in [5.74, 6) is -1.25. The van der Waals surface area contributed by atoms with Crippen LogP contribution in [0.15, 0.2) is 0 Å². The molecule has 2 N–H and O–H groups in total. The van der Waals surface area contributed by atoms with E-state index in [9.17, 15) is 15.0 Å². The largest absolute Gasteiger partial charge is 0.481 e. The number of aliphatic carboxylic acids is 1. The van der Waals surface area contributed by atoms with Gasteiger partial charge in [0, 0.05) is 0 Å². The molecule has 1 fully saturated rings. The fraction of sp³-hybridized carbons (Fsp3) is 0.923. The Morgan fingerprint density at radius 2 is 2.12 bits per heavy atom. The van der Waals surface area contributed by atoms with Gasteiger partial charge in [-0.1, -0.05) is 39.5 Å². The normalized spacial score (nSPS) is 32.3. The Morgan fingerprint density at radius 1 is 1.44 bits per heavy atom. The van der Waals surface area contributed by atoms with E-state index in [0.717, 1.165) is 32.1 Å². The van der Waals surface area contributed by atoms with Crippen molar-refractivity contribution in [2.24, 2.45) is 11.8 Å². The number of rotatable bonds is 5. The lowest BCUT2D eigenvalue weighted by molar-refractivity contribution is -0.162. The third kappa shape index (κ3) is 2.57. The van der Waals surface area contributed by atoms with Crippen LogP contribution in [0.5, 0.6) is 0 Å². The third-order valence-corrected chi connectivity index (χ3v) is 4.06. The van der Waals surface area contributed by atoms with Crippen LogP contribution in [0.4, 0.5) is 0 Å². The molecule has 3 atom stereocenters. The molecule has 94 valence electrons. The Morgan fingerprint density at radius 3 is 2.62 bits per heavy atom. The molecule has 0 bridgehead atoms. The molecule has 1 aliphatic carbocycles. The topological polar surface area (TPSA) is 57.5 Å². The number of carboxylic acid groups (broad SMARTS) is 1. The first-order valence-electron chi connectivity index (χ1n) is 6.51. The molecule has 0 aromatic carbocycles. The van der Waals surface area contributed by atoms with Gasteiger partial charge < -0.3 is 10.2 Å². The van der Waals surface area contributed by atoms with E-state index in [2.05, 4.69) is 0 Å². The Balaban J connectivity index is 2.88. The molecular formula is C13H24O3. The molecule has 0 heterocycles. The van der Waals surface area contributed by atoms with Crippen molar-refractivity contribution in [3.05, 3.63) is 0 Å². The van der Waals surface area contributed by atoms with Gasteiger partial charge in [0.2, 0.25) is 0 Å². The van der Waals surface area contributed by atoms with Crippen molar-refractivity contribution in [2.45, 2.75) is 64.4 Å². The van der Waals surface area contributed by atoms with E-state index < -0.39 is 17.5 Å². The maximum absolute atomic E-state index is 11.3. The minimum Gasteiger partial charge on any atom is -0.481 e. The van der Waals surface area contributed by atoms with Crippen molar-refractivity contribution >= 4 is 5.97 Å². The van der Waals surface area contributed by atoms with E-state index >= 15 is 0 Å². The molecule has 0 aromatic rings. The van der Waals surface area contributed by atoms with Gasteiger partial charge in [-0.25, -0.2) is 0 Å². The monoisotopic (exact) mass is 228 g/mol. The maximum Gasteiger partial charge on any atom is 0.309 e. The number of carboxylic acids is 1. The van der Waals surface area contributed by atoms with E-state index in [4.69, 9.17) is 0 Å². The van der Waals surface area contributed by atoms with Crippen LogP contribution in [-0.4, -0.2) is 21.8 Å². The van der Waals surface area contributed by atoms with Crippen molar-refractivity contribution in [2.75, 3.05) is 0 Å². The molecule has 0 amide bonds. The number of carbonyl (C=O) groups is 1. The maximum atomic E-state index is 11.3. The summed E-state index contributed by atoms with van der Waals surface area (Å²) in [5.41, 5.74) is -0.963. The van der Waals surface area contributed by atoms with Crippen LogP contribution in [0.1, 0.15) is 58.8 Å². The van der Waals surface area contributed by atoms with Crippen molar-refractivity contribution in [1.29, 1.82) is 0 Å². The van der Waals surface area contributed by atoms with Gasteiger partial charge in [0.15, 0.2) is 0 Å². The van der Waals surface area contributed by atoms with Gasteiger partial charge >= 0.3 is 5.97 Å². The van der Waals surface area contributed by atoms with Crippen LogP contribution >= 0.6 is 0 Å². The van der Waals surface area contributed by atoms with Crippen molar-refractivity contribution in [3.63, 3.8) is 0 Å². The lowest BCUT2D eigenvalue weighted by Crippen LogP contribution is -2.50. The summed E-state index contributed by atoms with van der Waals surface area (Å²) in [6, 6.07) is 0. The second-order valence-corrected chi connectivity index (χ2v) is 5.02. The molecule has 1 aliphatic rings. The van der Waals surface area contributed by atoms with E-state index in [1.54, 1.807) is 0 Å². The van der Waals surface area contributed by atoms with Gasteiger partial charge in [-0.2, -0.15) is 0 Å². The zero-order valence-corrected chi connectivity index (χ0v) is 10.4. The van der Waals surface area contributed by atoms with Crippen molar-refractivity contribution in [3.8, 4) is 0 Å². The predicted molar refractivity (Wildman–Crippen MR) is 63.2 cm³/mol. The first kappa shape index (κ1) is 13.5. The van der Waals surface area contributed by atoms with Crippen molar-refractivity contribution < 1.29 is 15.0 Å². The lowest BCUT2D eigenvalue weighted by Gasteiger charge is -2.43. The summed E-state index contributed by atoms with van der Waals surface area (Å²) in [6.45, 7) is 4.02. The standard InChI is InChI=1S/C13H24O3/c1-3-7-11(12(14)15)13(16)9-6-5-8-10(13)4-2/h10-11,16H,3-9H2,1-2H3,(H,14,15). The molecule has 0 saturated heterocycles. The highest BCUT2D eigenvalue weighted by Gasteiger charge is 2.47. The van der Waals surface area contributed by atoms with Crippen molar-refractivity contribution in [1.82, 2.24) is 0 Å². The van der Waals surface area contributed by atoms with Crippen LogP contribution in [0.2, 0.25) is 0 Å².